The lowest BCUT2D eigenvalue weighted by molar-refractivity contribution is -0.127. The molecule has 0 spiro atoms. The van der Waals surface area contributed by atoms with Crippen LogP contribution in [0.25, 0.3) is 0 Å². The maximum Gasteiger partial charge on any atom is 0.223 e. The number of likely N-dealkylation sites (tertiary alicyclic amines) is 1. The largest absolute Gasteiger partial charge is 0.377 e. The van der Waals surface area contributed by atoms with E-state index in [0.717, 1.165) is 25.1 Å². The van der Waals surface area contributed by atoms with Crippen LogP contribution in [0.15, 0.2) is 12.4 Å². The molecule has 0 bridgehead atoms. The summed E-state index contributed by atoms with van der Waals surface area (Å²) < 4.78 is 7.69. The summed E-state index contributed by atoms with van der Waals surface area (Å²) in [6.07, 6.45) is 6.08. The highest BCUT2D eigenvalue weighted by Crippen LogP contribution is 2.52. The lowest BCUT2D eigenvalue weighted by Gasteiger charge is -2.55. The van der Waals surface area contributed by atoms with Crippen LogP contribution < -0.4 is 5.32 Å². The van der Waals surface area contributed by atoms with E-state index in [0.29, 0.717) is 30.4 Å². The number of rotatable bonds is 4. The Balaban J connectivity index is 1.46. The van der Waals surface area contributed by atoms with Crippen molar-refractivity contribution in [2.45, 2.75) is 44.9 Å². The zero-order chi connectivity index (χ0) is 17.1. The molecular weight excluding hydrogens is 304 g/mol. The highest BCUT2D eigenvalue weighted by atomic mass is 16.5. The van der Waals surface area contributed by atoms with Gasteiger partial charge in [0.2, 0.25) is 5.91 Å². The SMILES string of the molecule is CN1C(=O)C[C@@H](CN[C@@H]2[C@@H]3CCO[C@@H]3C2(C)C)[C@@H]1c1cnn(C)c1. The maximum atomic E-state index is 12.3. The third kappa shape index (κ3) is 2.30. The molecule has 1 N–H and O–H groups in total. The lowest BCUT2D eigenvalue weighted by atomic mass is 9.57. The summed E-state index contributed by atoms with van der Waals surface area (Å²) in [6.45, 7) is 6.34. The van der Waals surface area contributed by atoms with Crippen molar-refractivity contribution in [1.82, 2.24) is 20.0 Å². The Morgan fingerprint density at radius 1 is 1.42 bits per heavy atom. The first-order chi connectivity index (χ1) is 11.4. The predicted molar refractivity (Wildman–Crippen MR) is 90.2 cm³/mol. The van der Waals surface area contributed by atoms with E-state index in [-0.39, 0.29) is 17.4 Å². The number of amides is 1. The Hall–Kier alpha value is -1.40. The molecule has 132 valence electrons. The molecule has 0 unspecified atom stereocenters. The number of aromatic nitrogens is 2. The number of ether oxygens (including phenoxy) is 1. The number of nitrogens with one attached hydrogen (secondary N) is 1. The van der Waals surface area contributed by atoms with Crippen molar-refractivity contribution in [2.24, 2.45) is 24.3 Å². The molecule has 1 amide bonds. The van der Waals surface area contributed by atoms with Gasteiger partial charge in [0.15, 0.2) is 0 Å². The molecule has 2 saturated heterocycles. The Bertz CT molecular complexity index is 641. The number of carbonyl (C=O) groups excluding carboxylic acids is 1. The highest BCUT2D eigenvalue weighted by Gasteiger charge is 2.59. The molecule has 1 aromatic rings. The molecule has 2 aliphatic heterocycles. The third-order valence-corrected chi connectivity index (χ3v) is 6.46. The van der Waals surface area contributed by atoms with Crippen LogP contribution >= 0.6 is 0 Å². The molecule has 1 aliphatic carbocycles. The van der Waals surface area contributed by atoms with Gasteiger partial charge >= 0.3 is 0 Å². The predicted octanol–water partition coefficient (Wildman–Crippen LogP) is 1.34. The van der Waals surface area contributed by atoms with Gasteiger partial charge in [0.1, 0.15) is 0 Å². The van der Waals surface area contributed by atoms with E-state index >= 15 is 0 Å². The zero-order valence-corrected chi connectivity index (χ0v) is 15.0. The summed E-state index contributed by atoms with van der Waals surface area (Å²) >= 11 is 0. The molecule has 24 heavy (non-hydrogen) atoms. The average Bonchev–Trinajstić information content (AvgIpc) is 3.20. The van der Waals surface area contributed by atoms with E-state index in [2.05, 4.69) is 24.3 Å². The molecule has 0 aromatic carbocycles. The molecule has 6 heteroatoms. The molecule has 3 heterocycles. The van der Waals surface area contributed by atoms with E-state index < -0.39 is 0 Å². The fourth-order valence-corrected chi connectivity index (χ4v) is 5.24. The van der Waals surface area contributed by atoms with Crippen LogP contribution in [0.5, 0.6) is 0 Å². The normalized spacial score (nSPS) is 37.6. The van der Waals surface area contributed by atoms with E-state index in [4.69, 9.17) is 4.74 Å². The van der Waals surface area contributed by atoms with Gasteiger partial charge in [0.05, 0.1) is 18.3 Å². The third-order valence-electron chi connectivity index (χ3n) is 6.46. The average molecular weight is 332 g/mol. The van der Waals surface area contributed by atoms with Gasteiger partial charge in [-0.2, -0.15) is 5.10 Å². The molecule has 4 rings (SSSR count). The summed E-state index contributed by atoms with van der Waals surface area (Å²) in [5.41, 5.74) is 1.31. The Morgan fingerprint density at radius 2 is 2.21 bits per heavy atom. The van der Waals surface area contributed by atoms with Crippen LogP contribution in [0.1, 0.15) is 38.3 Å². The van der Waals surface area contributed by atoms with Crippen molar-refractivity contribution in [3.8, 4) is 0 Å². The van der Waals surface area contributed by atoms with Crippen molar-refractivity contribution >= 4 is 5.91 Å². The quantitative estimate of drug-likeness (QED) is 0.904. The minimum absolute atomic E-state index is 0.123. The Labute approximate surface area is 143 Å². The monoisotopic (exact) mass is 332 g/mol. The standard InChI is InChI=1S/C18H28N4O2/c1-18(2)16(13-5-6-24-17(13)18)19-8-11-7-14(23)22(4)15(11)12-9-20-21(3)10-12/h9-11,13,15-17,19H,5-8H2,1-4H3/t11-,13-,15+,16+,17-/m0/s1. The number of nitrogens with zero attached hydrogens (tertiary/aromatic N) is 3. The first-order valence-electron chi connectivity index (χ1n) is 8.99. The van der Waals surface area contributed by atoms with Crippen molar-refractivity contribution in [2.75, 3.05) is 20.2 Å². The minimum Gasteiger partial charge on any atom is -0.377 e. The van der Waals surface area contributed by atoms with E-state index in [1.807, 2.05) is 36.1 Å². The first kappa shape index (κ1) is 16.1. The minimum atomic E-state index is 0.123. The second-order valence-electron chi connectivity index (χ2n) is 8.31. The number of carbonyl (C=O) groups is 1. The Kier molecular flexibility index (Phi) is 3.73. The zero-order valence-electron chi connectivity index (χ0n) is 15.0. The molecule has 0 radical (unpaired) electrons. The van der Waals surface area contributed by atoms with Crippen LogP contribution in [-0.2, 0) is 16.6 Å². The van der Waals surface area contributed by atoms with Crippen molar-refractivity contribution in [3.63, 3.8) is 0 Å². The molecule has 3 fully saturated rings. The number of aryl methyl sites for hydroxylation is 1. The van der Waals surface area contributed by atoms with Gasteiger partial charge < -0.3 is 15.0 Å². The number of hydrogen-bond donors (Lipinski definition) is 1. The second kappa shape index (κ2) is 5.56. The van der Waals surface area contributed by atoms with Crippen LogP contribution in [0.4, 0.5) is 0 Å². The van der Waals surface area contributed by atoms with Gasteiger partial charge in [-0.25, -0.2) is 0 Å². The summed E-state index contributed by atoms with van der Waals surface area (Å²) in [5.74, 6) is 1.15. The summed E-state index contributed by atoms with van der Waals surface area (Å²) in [4.78, 5) is 14.1. The van der Waals surface area contributed by atoms with Crippen molar-refractivity contribution < 1.29 is 9.53 Å². The smallest absolute Gasteiger partial charge is 0.223 e. The first-order valence-corrected chi connectivity index (χ1v) is 8.99. The lowest BCUT2D eigenvalue weighted by Crippen LogP contribution is -2.66. The van der Waals surface area contributed by atoms with Gasteiger partial charge in [0.25, 0.3) is 0 Å². The molecule has 3 aliphatic rings. The van der Waals surface area contributed by atoms with E-state index in [1.54, 1.807) is 0 Å². The summed E-state index contributed by atoms with van der Waals surface area (Å²) in [7, 11) is 3.83. The van der Waals surface area contributed by atoms with E-state index in [1.165, 1.54) is 0 Å². The fraction of sp³-hybridized carbons (Fsp3) is 0.778. The molecule has 1 saturated carbocycles. The van der Waals surface area contributed by atoms with Gasteiger partial charge in [-0.1, -0.05) is 13.8 Å². The number of fused-ring (bicyclic) bond motifs is 1. The second-order valence-corrected chi connectivity index (χ2v) is 8.31. The summed E-state index contributed by atoms with van der Waals surface area (Å²) in [5, 5.41) is 8.07. The van der Waals surface area contributed by atoms with Gasteiger partial charge in [-0.3, -0.25) is 9.48 Å². The fourth-order valence-electron chi connectivity index (χ4n) is 5.24. The van der Waals surface area contributed by atoms with Crippen molar-refractivity contribution in [1.29, 1.82) is 0 Å². The maximum absolute atomic E-state index is 12.3. The molecular formula is C18H28N4O2. The van der Waals surface area contributed by atoms with Gasteiger partial charge in [-0.05, 0) is 6.42 Å². The van der Waals surface area contributed by atoms with Crippen LogP contribution in [0, 0.1) is 17.3 Å². The van der Waals surface area contributed by atoms with Gasteiger partial charge in [-0.15, -0.1) is 0 Å². The van der Waals surface area contributed by atoms with Crippen molar-refractivity contribution in [3.05, 3.63) is 18.0 Å². The Morgan fingerprint density at radius 3 is 2.92 bits per heavy atom. The van der Waals surface area contributed by atoms with Crippen LogP contribution in [0.2, 0.25) is 0 Å². The molecule has 6 nitrogen and oxygen atoms in total. The molecule has 1 aromatic heterocycles. The topological polar surface area (TPSA) is 59.4 Å². The number of hydrogen-bond acceptors (Lipinski definition) is 4. The van der Waals surface area contributed by atoms with E-state index in [9.17, 15) is 4.79 Å². The van der Waals surface area contributed by atoms with Crippen LogP contribution in [0.3, 0.4) is 0 Å². The summed E-state index contributed by atoms with van der Waals surface area (Å²) in [6, 6.07) is 0.609. The van der Waals surface area contributed by atoms with Crippen LogP contribution in [-0.4, -0.2) is 52.9 Å². The van der Waals surface area contributed by atoms with Gasteiger partial charge in [0, 0.05) is 68.7 Å². The highest BCUT2D eigenvalue weighted by molar-refractivity contribution is 5.79. The molecule has 5 atom stereocenters.